The van der Waals surface area contributed by atoms with E-state index >= 15 is 0 Å². The van der Waals surface area contributed by atoms with Crippen LogP contribution in [0, 0.1) is 0 Å². The van der Waals surface area contributed by atoms with Crippen LogP contribution in [-0.2, 0) is 4.79 Å². The Labute approximate surface area is 134 Å². The summed E-state index contributed by atoms with van der Waals surface area (Å²) >= 11 is 0. The van der Waals surface area contributed by atoms with Gasteiger partial charge >= 0.3 is 5.97 Å². The van der Waals surface area contributed by atoms with E-state index < -0.39 is 0 Å². The summed E-state index contributed by atoms with van der Waals surface area (Å²) in [7, 11) is 1.59. The molecule has 5 heteroatoms. The number of carbonyl (C=O) groups is 1. The molecule has 0 aromatic heterocycles. The van der Waals surface area contributed by atoms with E-state index in [0.717, 1.165) is 11.1 Å². The number of ether oxygens (including phenoxy) is 3. The number of carbonyl (C=O) groups excluding carboxylic acids is 1. The average Bonchev–Trinajstić information content (AvgIpc) is 2.54. The van der Waals surface area contributed by atoms with Gasteiger partial charge in [0, 0.05) is 23.1 Å². The maximum Gasteiger partial charge on any atom is 0.312 e. The zero-order valence-electron chi connectivity index (χ0n) is 13.0. The smallest absolute Gasteiger partial charge is 0.312 e. The number of rotatable bonds is 4. The summed E-state index contributed by atoms with van der Waals surface area (Å²) in [6.45, 7) is 2.39. The maximum absolute atomic E-state index is 12.0. The fraction of sp³-hybridized carbons (Fsp3) is 0.278. The molecule has 120 valence electrons. The van der Waals surface area contributed by atoms with Crippen molar-refractivity contribution in [1.82, 2.24) is 0 Å². The molecule has 1 aliphatic rings. The average molecular weight is 314 g/mol. The molecule has 5 nitrogen and oxygen atoms in total. The monoisotopic (exact) mass is 314 g/mol. The number of hydrogen-bond donors (Lipinski definition) is 1. The number of aromatic hydroxyl groups is 1. The van der Waals surface area contributed by atoms with Crippen LogP contribution in [0.15, 0.2) is 36.4 Å². The van der Waals surface area contributed by atoms with Gasteiger partial charge in [0.2, 0.25) is 0 Å². The highest BCUT2D eigenvalue weighted by molar-refractivity contribution is 5.78. The predicted molar refractivity (Wildman–Crippen MR) is 84.4 cm³/mol. The first-order chi connectivity index (χ1) is 11.1. The molecule has 0 fully saturated rings. The van der Waals surface area contributed by atoms with Crippen molar-refractivity contribution in [3.63, 3.8) is 0 Å². The van der Waals surface area contributed by atoms with E-state index in [1.807, 2.05) is 25.1 Å². The molecule has 0 saturated carbocycles. The Bertz CT molecular complexity index is 738. The second kappa shape index (κ2) is 6.20. The molecular formula is C18H18O5. The Morgan fingerprint density at radius 3 is 2.83 bits per heavy atom. The molecule has 1 unspecified atom stereocenters. The summed E-state index contributed by atoms with van der Waals surface area (Å²) in [6.07, 6.45) is 0.213. The predicted octanol–water partition coefficient (Wildman–Crippen LogP) is 3.24. The summed E-state index contributed by atoms with van der Waals surface area (Å²) in [5.74, 6) is 1.17. The van der Waals surface area contributed by atoms with E-state index in [9.17, 15) is 9.90 Å². The van der Waals surface area contributed by atoms with Crippen LogP contribution in [-0.4, -0.2) is 24.8 Å². The lowest BCUT2D eigenvalue weighted by Gasteiger charge is -2.27. The van der Waals surface area contributed by atoms with Crippen molar-refractivity contribution in [1.29, 1.82) is 0 Å². The molecule has 1 atom stereocenters. The fourth-order valence-electron chi connectivity index (χ4n) is 2.88. The van der Waals surface area contributed by atoms with Gasteiger partial charge in [0.25, 0.3) is 0 Å². The summed E-state index contributed by atoms with van der Waals surface area (Å²) in [4.78, 5) is 12.0. The molecule has 1 aliphatic heterocycles. The molecule has 3 rings (SSSR count). The Morgan fingerprint density at radius 1 is 1.26 bits per heavy atom. The van der Waals surface area contributed by atoms with Gasteiger partial charge in [0.15, 0.2) is 11.5 Å². The van der Waals surface area contributed by atoms with Gasteiger partial charge < -0.3 is 19.3 Å². The number of hydrogen-bond acceptors (Lipinski definition) is 5. The zero-order valence-corrected chi connectivity index (χ0v) is 13.0. The first-order valence-electron chi connectivity index (χ1n) is 7.47. The van der Waals surface area contributed by atoms with Crippen molar-refractivity contribution in [2.75, 3.05) is 13.7 Å². The minimum atomic E-state index is -0.335. The third-order valence-corrected chi connectivity index (χ3v) is 3.86. The number of fused-ring (bicyclic) bond motifs is 1. The molecule has 0 radical (unpaired) electrons. The minimum Gasteiger partial charge on any atom is -0.508 e. The second-order valence-corrected chi connectivity index (χ2v) is 5.26. The molecular weight excluding hydrogens is 296 g/mol. The molecule has 23 heavy (non-hydrogen) atoms. The quantitative estimate of drug-likeness (QED) is 0.693. The minimum absolute atomic E-state index is 0.0628. The SMILES string of the molecule is CCOc1c(OC)cccc1C1CC(=O)Oc2cc(O)ccc21. The van der Waals surface area contributed by atoms with Gasteiger partial charge in [-0.05, 0) is 19.1 Å². The molecule has 0 amide bonds. The van der Waals surface area contributed by atoms with Crippen molar-refractivity contribution in [3.8, 4) is 23.0 Å². The van der Waals surface area contributed by atoms with Gasteiger partial charge in [0.05, 0.1) is 20.1 Å². The first kappa shape index (κ1) is 15.2. The van der Waals surface area contributed by atoms with Crippen LogP contribution in [0.3, 0.4) is 0 Å². The third-order valence-electron chi connectivity index (χ3n) is 3.86. The molecule has 0 spiro atoms. The second-order valence-electron chi connectivity index (χ2n) is 5.26. The van der Waals surface area contributed by atoms with E-state index in [1.165, 1.54) is 6.07 Å². The highest BCUT2D eigenvalue weighted by Crippen LogP contribution is 2.45. The summed E-state index contributed by atoms with van der Waals surface area (Å²) in [5.41, 5.74) is 1.71. The molecule has 2 aromatic carbocycles. The highest BCUT2D eigenvalue weighted by atomic mass is 16.5. The van der Waals surface area contributed by atoms with Crippen LogP contribution < -0.4 is 14.2 Å². The van der Waals surface area contributed by atoms with E-state index in [1.54, 1.807) is 19.2 Å². The van der Waals surface area contributed by atoms with Crippen LogP contribution in [0.25, 0.3) is 0 Å². The van der Waals surface area contributed by atoms with Crippen molar-refractivity contribution in [3.05, 3.63) is 47.5 Å². The van der Waals surface area contributed by atoms with Gasteiger partial charge in [-0.2, -0.15) is 0 Å². The Hall–Kier alpha value is -2.69. The van der Waals surface area contributed by atoms with Gasteiger partial charge in [-0.15, -0.1) is 0 Å². The zero-order chi connectivity index (χ0) is 16.4. The molecule has 2 aromatic rings. The van der Waals surface area contributed by atoms with Crippen LogP contribution in [0.5, 0.6) is 23.0 Å². The number of esters is 1. The van der Waals surface area contributed by atoms with Crippen molar-refractivity contribution < 1.29 is 24.1 Å². The Kier molecular flexibility index (Phi) is 4.10. The highest BCUT2D eigenvalue weighted by Gasteiger charge is 2.31. The van der Waals surface area contributed by atoms with Gasteiger partial charge in [0.1, 0.15) is 11.5 Å². The van der Waals surface area contributed by atoms with Crippen LogP contribution >= 0.6 is 0 Å². The van der Waals surface area contributed by atoms with Gasteiger partial charge in [-0.25, -0.2) is 0 Å². The number of phenolic OH excluding ortho intramolecular Hbond substituents is 1. The molecule has 0 aliphatic carbocycles. The van der Waals surface area contributed by atoms with E-state index in [-0.39, 0.29) is 24.1 Å². The normalized spacial score (nSPS) is 16.4. The number of benzene rings is 2. The van der Waals surface area contributed by atoms with Crippen molar-refractivity contribution in [2.24, 2.45) is 0 Å². The van der Waals surface area contributed by atoms with Crippen LogP contribution in [0.1, 0.15) is 30.4 Å². The first-order valence-corrected chi connectivity index (χ1v) is 7.47. The summed E-state index contributed by atoms with van der Waals surface area (Å²) < 4.78 is 16.4. The standard InChI is InChI=1S/C18H18O5/c1-3-22-18-13(5-4-6-15(18)21-2)14-10-17(20)23-16-9-11(19)7-8-12(14)16/h4-9,14,19H,3,10H2,1-2H3. The summed E-state index contributed by atoms with van der Waals surface area (Å²) in [6, 6.07) is 10.4. The van der Waals surface area contributed by atoms with Crippen molar-refractivity contribution >= 4 is 5.97 Å². The molecule has 1 N–H and O–H groups in total. The lowest BCUT2D eigenvalue weighted by molar-refractivity contribution is -0.135. The van der Waals surface area contributed by atoms with Crippen LogP contribution in [0.4, 0.5) is 0 Å². The fourth-order valence-corrected chi connectivity index (χ4v) is 2.88. The lowest BCUT2D eigenvalue weighted by atomic mass is 9.85. The number of phenols is 1. The lowest BCUT2D eigenvalue weighted by Crippen LogP contribution is -2.21. The maximum atomic E-state index is 12.0. The van der Waals surface area contributed by atoms with E-state index in [0.29, 0.717) is 23.9 Å². The van der Waals surface area contributed by atoms with E-state index in [4.69, 9.17) is 14.2 Å². The molecule has 1 heterocycles. The van der Waals surface area contributed by atoms with E-state index in [2.05, 4.69) is 0 Å². The third kappa shape index (κ3) is 2.82. The number of para-hydroxylation sites is 1. The van der Waals surface area contributed by atoms with Gasteiger partial charge in [-0.1, -0.05) is 18.2 Å². The van der Waals surface area contributed by atoms with Crippen LogP contribution in [0.2, 0.25) is 0 Å². The Balaban J connectivity index is 2.14. The molecule has 0 saturated heterocycles. The Morgan fingerprint density at radius 2 is 2.09 bits per heavy atom. The molecule has 0 bridgehead atoms. The topological polar surface area (TPSA) is 65.0 Å². The largest absolute Gasteiger partial charge is 0.508 e. The summed E-state index contributed by atoms with van der Waals surface area (Å²) in [5, 5.41) is 9.62. The van der Waals surface area contributed by atoms with Crippen molar-refractivity contribution in [2.45, 2.75) is 19.3 Å². The number of methoxy groups -OCH3 is 1. The van der Waals surface area contributed by atoms with Gasteiger partial charge in [-0.3, -0.25) is 4.79 Å².